The molecule has 0 saturated carbocycles. The fourth-order valence-electron chi connectivity index (χ4n) is 3.49. The Bertz CT molecular complexity index is 849. The topological polar surface area (TPSA) is 73.9 Å². The molecule has 2 aromatic carbocycles. The molecular formula is C22H25NO5. The number of carbonyl (C=O) groups excluding carboxylic acids is 2. The van der Waals surface area contributed by atoms with Crippen LogP contribution in [0, 0.1) is 0 Å². The number of fused-ring (bicyclic) bond motifs is 1. The van der Waals surface area contributed by atoms with E-state index >= 15 is 0 Å². The highest BCUT2D eigenvalue weighted by Gasteiger charge is 2.22. The molecule has 0 fully saturated rings. The zero-order valence-corrected chi connectivity index (χ0v) is 16.2. The van der Waals surface area contributed by atoms with E-state index in [9.17, 15) is 9.59 Å². The maximum Gasteiger partial charge on any atom is 0.310 e. The van der Waals surface area contributed by atoms with Crippen molar-refractivity contribution in [3.05, 3.63) is 59.2 Å². The molecule has 1 atom stereocenters. The first-order valence-corrected chi connectivity index (χ1v) is 9.34. The lowest BCUT2D eigenvalue weighted by Gasteiger charge is -2.26. The number of hydrogen-bond donors (Lipinski definition) is 1. The Labute approximate surface area is 164 Å². The van der Waals surface area contributed by atoms with Gasteiger partial charge in [0.1, 0.15) is 11.5 Å². The van der Waals surface area contributed by atoms with Gasteiger partial charge in [0.05, 0.1) is 26.7 Å². The number of amides is 1. The van der Waals surface area contributed by atoms with Crippen molar-refractivity contribution in [3.8, 4) is 11.5 Å². The van der Waals surface area contributed by atoms with Crippen LogP contribution in [0.1, 0.15) is 35.6 Å². The second-order valence-electron chi connectivity index (χ2n) is 6.73. The predicted molar refractivity (Wildman–Crippen MR) is 104 cm³/mol. The normalized spacial score (nSPS) is 15.3. The summed E-state index contributed by atoms with van der Waals surface area (Å²) in [7, 11) is 3.09. The van der Waals surface area contributed by atoms with E-state index in [2.05, 4.69) is 11.4 Å². The summed E-state index contributed by atoms with van der Waals surface area (Å²) in [5.41, 5.74) is 3.09. The van der Waals surface area contributed by atoms with E-state index in [4.69, 9.17) is 14.2 Å². The van der Waals surface area contributed by atoms with Gasteiger partial charge in [-0.2, -0.15) is 0 Å². The van der Waals surface area contributed by atoms with Crippen molar-refractivity contribution in [3.63, 3.8) is 0 Å². The van der Waals surface area contributed by atoms with Gasteiger partial charge in [0.2, 0.25) is 0 Å². The number of hydrogen-bond acceptors (Lipinski definition) is 5. The Balaban J connectivity index is 1.52. The number of esters is 1. The molecule has 0 spiro atoms. The molecule has 3 rings (SSSR count). The largest absolute Gasteiger partial charge is 0.497 e. The van der Waals surface area contributed by atoms with Crippen LogP contribution in [0.15, 0.2) is 42.5 Å². The fraction of sp³-hybridized carbons (Fsp3) is 0.364. The highest BCUT2D eigenvalue weighted by Crippen LogP contribution is 2.29. The average Bonchev–Trinajstić information content (AvgIpc) is 2.73. The lowest BCUT2D eigenvalue weighted by molar-refractivity contribution is -0.148. The number of aryl methyl sites for hydroxylation is 1. The van der Waals surface area contributed by atoms with Gasteiger partial charge in [-0.3, -0.25) is 9.59 Å². The Kier molecular flexibility index (Phi) is 6.53. The minimum atomic E-state index is -0.484. The van der Waals surface area contributed by atoms with Gasteiger partial charge >= 0.3 is 5.97 Å². The van der Waals surface area contributed by atoms with E-state index in [-0.39, 0.29) is 25.0 Å². The SMILES string of the molecule is COc1ccc(CC(=O)OCC(=O)NC2CCCc3ccccc32)c(OC)c1. The van der Waals surface area contributed by atoms with Crippen LogP contribution in [-0.2, 0) is 27.2 Å². The molecule has 0 bridgehead atoms. The van der Waals surface area contributed by atoms with Crippen molar-refractivity contribution >= 4 is 11.9 Å². The monoisotopic (exact) mass is 383 g/mol. The van der Waals surface area contributed by atoms with Gasteiger partial charge in [0.25, 0.3) is 5.91 Å². The molecular weight excluding hydrogens is 358 g/mol. The third-order valence-corrected chi connectivity index (χ3v) is 4.90. The smallest absolute Gasteiger partial charge is 0.310 e. The van der Waals surface area contributed by atoms with Gasteiger partial charge in [-0.05, 0) is 36.5 Å². The molecule has 1 aliphatic rings. The third-order valence-electron chi connectivity index (χ3n) is 4.90. The Morgan fingerprint density at radius 3 is 2.71 bits per heavy atom. The first kappa shape index (κ1) is 19.7. The van der Waals surface area contributed by atoms with E-state index in [1.165, 1.54) is 12.7 Å². The fourth-order valence-corrected chi connectivity index (χ4v) is 3.49. The van der Waals surface area contributed by atoms with Crippen LogP contribution >= 0.6 is 0 Å². The van der Waals surface area contributed by atoms with Gasteiger partial charge in [-0.1, -0.05) is 30.3 Å². The van der Waals surface area contributed by atoms with Crippen LogP contribution in [0.5, 0.6) is 11.5 Å². The molecule has 0 heterocycles. The van der Waals surface area contributed by atoms with Gasteiger partial charge in [-0.15, -0.1) is 0 Å². The molecule has 2 aromatic rings. The first-order valence-electron chi connectivity index (χ1n) is 9.34. The summed E-state index contributed by atoms with van der Waals surface area (Å²) in [6, 6.07) is 13.3. The van der Waals surface area contributed by atoms with E-state index in [1.54, 1.807) is 25.3 Å². The number of ether oxygens (including phenoxy) is 3. The average molecular weight is 383 g/mol. The Morgan fingerprint density at radius 2 is 1.93 bits per heavy atom. The number of nitrogens with one attached hydrogen (secondary N) is 1. The van der Waals surface area contributed by atoms with E-state index in [0.29, 0.717) is 17.1 Å². The van der Waals surface area contributed by atoms with Gasteiger partial charge in [-0.25, -0.2) is 0 Å². The van der Waals surface area contributed by atoms with Crippen LogP contribution in [0.3, 0.4) is 0 Å². The van der Waals surface area contributed by atoms with E-state index in [0.717, 1.165) is 24.8 Å². The number of rotatable bonds is 7. The molecule has 6 nitrogen and oxygen atoms in total. The van der Waals surface area contributed by atoms with Gasteiger partial charge < -0.3 is 19.5 Å². The van der Waals surface area contributed by atoms with E-state index < -0.39 is 5.97 Å². The molecule has 1 unspecified atom stereocenters. The second kappa shape index (κ2) is 9.26. The van der Waals surface area contributed by atoms with Crippen LogP contribution in [0.25, 0.3) is 0 Å². The predicted octanol–water partition coefficient (Wildman–Crippen LogP) is 2.98. The quantitative estimate of drug-likeness (QED) is 0.744. The minimum absolute atomic E-state index is 0.0205. The van der Waals surface area contributed by atoms with Crippen LogP contribution in [-0.4, -0.2) is 32.7 Å². The molecule has 0 aromatic heterocycles. The molecule has 1 N–H and O–H groups in total. The van der Waals surface area contributed by atoms with Crippen molar-refractivity contribution in [2.75, 3.05) is 20.8 Å². The summed E-state index contributed by atoms with van der Waals surface area (Å²) in [5, 5.41) is 2.97. The molecule has 148 valence electrons. The number of carbonyl (C=O) groups is 2. The molecule has 28 heavy (non-hydrogen) atoms. The van der Waals surface area contributed by atoms with Crippen molar-refractivity contribution in [2.45, 2.75) is 31.7 Å². The molecule has 6 heteroatoms. The molecule has 1 aliphatic carbocycles. The summed E-state index contributed by atoms with van der Waals surface area (Å²) >= 11 is 0. The highest BCUT2D eigenvalue weighted by atomic mass is 16.5. The minimum Gasteiger partial charge on any atom is -0.497 e. The highest BCUT2D eigenvalue weighted by molar-refractivity contribution is 5.81. The van der Waals surface area contributed by atoms with Crippen LogP contribution in [0.2, 0.25) is 0 Å². The lowest BCUT2D eigenvalue weighted by atomic mass is 9.88. The van der Waals surface area contributed by atoms with Crippen molar-refractivity contribution in [2.24, 2.45) is 0 Å². The van der Waals surface area contributed by atoms with Crippen LogP contribution < -0.4 is 14.8 Å². The standard InChI is InChI=1S/C22H25NO5/c1-26-17-11-10-16(20(13-17)27-2)12-22(25)28-14-21(24)23-19-9-5-7-15-6-3-4-8-18(15)19/h3-4,6,8,10-11,13,19H,5,7,9,12,14H2,1-2H3,(H,23,24). The number of methoxy groups -OCH3 is 2. The maximum absolute atomic E-state index is 12.3. The summed E-state index contributed by atoms with van der Waals surface area (Å²) < 4.78 is 15.6. The molecule has 0 saturated heterocycles. The summed E-state index contributed by atoms with van der Waals surface area (Å²) in [5.74, 6) is 0.403. The zero-order chi connectivity index (χ0) is 19.9. The van der Waals surface area contributed by atoms with Gasteiger partial charge in [0, 0.05) is 11.6 Å². The van der Waals surface area contributed by atoms with E-state index in [1.807, 2.05) is 18.2 Å². The van der Waals surface area contributed by atoms with Crippen molar-refractivity contribution < 1.29 is 23.8 Å². The summed E-state index contributed by atoms with van der Waals surface area (Å²) in [6.07, 6.45) is 2.96. The van der Waals surface area contributed by atoms with Gasteiger partial charge in [0.15, 0.2) is 6.61 Å². The third kappa shape index (κ3) is 4.82. The van der Waals surface area contributed by atoms with Crippen LogP contribution in [0.4, 0.5) is 0 Å². The maximum atomic E-state index is 12.3. The first-order chi connectivity index (χ1) is 13.6. The van der Waals surface area contributed by atoms with Crippen molar-refractivity contribution in [1.82, 2.24) is 5.32 Å². The summed E-state index contributed by atoms with van der Waals surface area (Å²) in [6.45, 7) is -0.296. The lowest BCUT2D eigenvalue weighted by Crippen LogP contribution is -2.34. The molecule has 0 radical (unpaired) electrons. The Hall–Kier alpha value is -3.02. The zero-order valence-electron chi connectivity index (χ0n) is 16.2. The number of benzene rings is 2. The second-order valence-corrected chi connectivity index (χ2v) is 6.73. The van der Waals surface area contributed by atoms with Crippen molar-refractivity contribution in [1.29, 1.82) is 0 Å². The Morgan fingerprint density at radius 1 is 1.11 bits per heavy atom. The summed E-state index contributed by atoms with van der Waals surface area (Å²) in [4.78, 5) is 24.4. The molecule has 1 amide bonds. The molecule has 0 aliphatic heterocycles.